The monoisotopic (exact) mass is 378 g/mol. The molecule has 0 saturated heterocycles. The summed E-state index contributed by atoms with van der Waals surface area (Å²) in [5.74, 6) is -0.642. The topological polar surface area (TPSA) is 52.6 Å². The largest absolute Gasteiger partial charge is 0.353 e. The van der Waals surface area contributed by atoms with Gasteiger partial charge in [0.2, 0.25) is 5.78 Å². The Morgan fingerprint density at radius 2 is 1.58 bits per heavy atom. The highest BCUT2D eigenvalue weighted by Gasteiger charge is 2.08. The van der Waals surface area contributed by atoms with Gasteiger partial charge in [-0.15, -0.1) is 0 Å². The van der Waals surface area contributed by atoms with Crippen LogP contribution in [0.1, 0.15) is 57.8 Å². The van der Waals surface area contributed by atoms with E-state index in [4.69, 9.17) is 32.7 Å². The van der Waals surface area contributed by atoms with Crippen molar-refractivity contribution in [2.45, 2.75) is 53.8 Å². The first-order chi connectivity index (χ1) is 11.4. The van der Waals surface area contributed by atoms with E-state index in [1.54, 1.807) is 0 Å². The van der Waals surface area contributed by atoms with E-state index >= 15 is 0 Å². The van der Waals surface area contributed by atoms with Gasteiger partial charge in [-0.25, -0.2) is 0 Å². The van der Waals surface area contributed by atoms with Crippen molar-refractivity contribution in [2.75, 3.05) is 13.2 Å². The van der Waals surface area contributed by atoms with Crippen LogP contribution in [0.25, 0.3) is 0 Å². The molecule has 0 heterocycles. The van der Waals surface area contributed by atoms with Crippen LogP contribution < -0.4 is 0 Å². The lowest BCUT2D eigenvalue weighted by atomic mass is 10.1. The van der Waals surface area contributed by atoms with Crippen molar-refractivity contribution in [2.24, 2.45) is 0 Å². The van der Waals surface area contributed by atoms with Gasteiger partial charge in [0.1, 0.15) is 0 Å². The molecule has 6 heteroatoms. The van der Waals surface area contributed by atoms with Crippen molar-refractivity contribution in [3.8, 4) is 0 Å². The Bertz CT molecular complexity index is 456. The summed E-state index contributed by atoms with van der Waals surface area (Å²) < 4.78 is 10.1. The van der Waals surface area contributed by atoms with Crippen LogP contribution in [0.5, 0.6) is 0 Å². The van der Waals surface area contributed by atoms with Crippen molar-refractivity contribution in [3.63, 3.8) is 0 Å². The fourth-order valence-corrected chi connectivity index (χ4v) is 1.77. The number of aldehydes is 1. The second kappa shape index (κ2) is 16.9. The molecule has 0 aliphatic heterocycles. The quantitative estimate of drug-likeness (QED) is 0.268. The molecule has 0 aromatic heterocycles. The summed E-state index contributed by atoms with van der Waals surface area (Å²) in [6, 6.07) is 4.34. The molecule has 0 amide bonds. The number of carbonyl (C=O) groups is 2. The molecule has 1 aromatic rings. The van der Waals surface area contributed by atoms with Crippen molar-refractivity contribution < 1.29 is 19.1 Å². The minimum absolute atomic E-state index is 0.0370. The molecule has 1 rings (SSSR count). The Kier molecular flexibility index (Phi) is 17.8. The predicted molar refractivity (Wildman–Crippen MR) is 100 cm³/mol. The number of Topliss-reactive ketones (excluding diaryl/α,β-unsaturated/α-hetero) is 1. The SMILES string of the molecule is CCCC.CCOC(C)OCC.O=CC(=O)c1ccc(Cl)cc1Cl. The van der Waals surface area contributed by atoms with Crippen LogP contribution in [0, 0.1) is 0 Å². The van der Waals surface area contributed by atoms with Gasteiger partial charge in [0.15, 0.2) is 12.6 Å². The normalized spacial score (nSPS) is 9.50. The van der Waals surface area contributed by atoms with E-state index in [-0.39, 0.29) is 23.2 Å². The van der Waals surface area contributed by atoms with Gasteiger partial charge in [-0.2, -0.15) is 0 Å². The maximum Gasteiger partial charge on any atom is 0.226 e. The minimum Gasteiger partial charge on any atom is -0.353 e. The van der Waals surface area contributed by atoms with Crippen molar-refractivity contribution >= 4 is 35.3 Å². The van der Waals surface area contributed by atoms with Crippen LogP contribution in [0.4, 0.5) is 0 Å². The highest BCUT2D eigenvalue weighted by atomic mass is 35.5. The number of ketones is 1. The molecular formula is C18H28Cl2O4. The van der Waals surface area contributed by atoms with Crippen molar-refractivity contribution in [3.05, 3.63) is 33.8 Å². The third-order valence-electron chi connectivity index (χ3n) is 2.61. The highest BCUT2D eigenvalue weighted by molar-refractivity contribution is 6.42. The molecule has 24 heavy (non-hydrogen) atoms. The Labute approximate surface area is 155 Å². The molecular weight excluding hydrogens is 351 g/mol. The van der Waals surface area contributed by atoms with Crippen LogP contribution in [0.3, 0.4) is 0 Å². The summed E-state index contributed by atoms with van der Waals surface area (Å²) in [5, 5.41) is 0.627. The molecule has 1 aromatic carbocycles. The third kappa shape index (κ3) is 13.5. The lowest BCUT2D eigenvalue weighted by molar-refractivity contribution is -0.123. The molecule has 0 saturated carbocycles. The Morgan fingerprint density at radius 1 is 1.08 bits per heavy atom. The first-order valence-electron chi connectivity index (χ1n) is 8.05. The fraction of sp³-hybridized carbons (Fsp3) is 0.556. The third-order valence-corrected chi connectivity index (χ3v) is 3.15. The Hall–Kier alpha value is -0.940. The van der Waals surface area contributed by atoms with Gasteiger partial charge >= 0.3 is 0 Å². The second-order valence-electron chi connectivity index (χ2n) is 4.58. The predicted octanol–water partition coefficient (Wildman–Crippen LogP) is 5.59. The minimum atomic E-state index is -0.642. The Balaban J connectivity index is 0. The van der Waals surface area contributed by atoms with E-state index in [2.05, 4.69) is 13.8 Å². The molecule has 0 atom stereocenters. The summed E-state index contributed by atoms with van der Waals surface area (Å²) in [5.41, 5.74) is 0.177. The zero-order valence-corrected chi connectivity index (χ0v) is 16.6. The van der Waals surface area contributed by atoms with E-state index in [9.17, 15) is 9.59 Å². The number of rotatable bonds is 7. The number of halogens is 2. The number of carbonyl (C=O) groups excluding carboxylic acids is 2. The van der Waals surface area contributed by atoms with E-state index < -0.39 is 5.78 Å². The lowest BCUT2D eigenvalue weighted by Crippen LogP contribution is -2.11. The number of hydrogen-bond acceptors (Lipinski definition) is 4. The number of hydrogen-bond donors (Lipinski definition) is 0. The zero-order chi connectivity index (χ0) is 19.0. The Morgan fingerprint density at radius 3 is 1.92 bits per heavy atom. The number of ether oxygens (including phenoxy) is 2. The fourth-order valence-electron chi connectivity index (χ4n) is 1.27. The average Bonchev–Trinajstić information content (AvgIpc) is 2.55. The van der Waals surface area contributed by atoms with Gasteiger partial charge in [0.05, 0.1) is 5.02 Å². The summed E-state index contributed by atoms with van der Waals surface area (Å²) in [4.78, 5) is 21.0. The average molecular weight is 379 g/mol. The summed E-state index contributed by atoms with van der Waals surface area (Å²) in [7, 11) is 0. The molecule has 0 radical (unpaired) electrons. The van der Waals surface area contributed by atoms with Crippen LogP contribution in [-0.2, 0) is 14.3 Å². The molecule has 0 spiro atoms. The van der Waals surface area contributed by atoms with Crippen LogP contribution in [0.15, 0.2) is 18.2 Å². The van der Waals surface area contributed by atoms with E-state index in [1.807, 2.05) is 20.8 Å². The van der Waals surface area contributed by atoms with Gasteiger partial charge in [-0.1, -0.05) is 49.9 Å². The summed E-state index contributed by atoms with van der Waals surface area (Å²) in [6.07, 6.45) is 2.82. The lowest BCUT2D eigenvalue weighted by Gasteiger charge is -2.09. The van der Waals surface area contributed by atoms with E-state index in [0.717, 1.165) is 13.2 Å². The zero-order valence-electron chi connectivity index (χ0n) is 15.1. The summed E-state index contributed by atoms with van der Waals surface area (Å²) >= 11 is 11.2. The molecule has 0 aliphatic carbocycles. The molecule has 4 nitrogen and oxygen atoms in total. The van der Waals surface area contributed by atoms with Crippen LogP contribution >= 0.6 is 23.2 Å². The van der Waals surface area contributed by atoms with Crippen molar-refractivity contribution in [1.82, 2.24) is 0 Å². The molecule has 0 N–H and O–H groups in total. The molecule has 138 valence electrons. The van der Waals surface area contributed by atoms with E-state index in [0.29, 0.717) is 5.02 Å². The summed E-state index contributed by atoms with van der Waals surface area (Å²) in [6.45, 7) is 11.6. The van der Waals surface area contributed by atoms with Gasteiger partial charge < -0.3 is 9.47 Å². The van der Waals surface area contributed by atoms with Gasteiger partial charge in [-0.3, -0.25) is 9.59 Å². The maximum absolute atomic E-state index is 10.8. The van der Waals surface area contributed by atoms with Gasteiger partial charge in [0, 0.05) is 23.8 Å². The van der Waals surface area contributed by atoms with E-state index in [1.165, 1.54) is 31.0 Å². The highest BCUT2D eigenvalue weighted by Crippen LogP contribution is 2.20. The number of benzene rings is 1. The standard InChI is InChI=1S/C8H4Cl2O2.C6H14O2.C4H10/c9-5-1-2-6(7(10)3-5)8(12)4-11;1-4-7-6(3)8-5-2;1-3-4-2/h1-4H;6H,4-5H2,1-3H3;3-4H2,1-2H3. The first-order valence-corrected chi connectivity index (χ1v) is 8.80. The smallest absolute Gasteiger partial charge is 0.226 e. The molecule has 0 unspecified atom stereocenters. The number of unbranched alkanes of at least 4 members (excludes halogenated alkanes) is 1. The molecule has 0 bridgehead atoms. The van der Waals surface area contributed by atoms with Crippen molar-refractivity contribution in [1.29, 1.82) is 0 Å². The maximum atomic E-state index is 10.8. The molecule has 0 fully saturated rings. The van der Waals surface area contributed by atoms with Crippen LogP contribution in [0.2, 0.25) is 10.0 Å². The first kappa shape index (κ1) is 25.3. The van der Waals surface area contributed by atoms with Gasteiger partial charge in [-0.05, 0) is 39.0 Å². The van der Waals surface area contributed by atoms with Crippen LogP contribution in [-0.4, -0.2) is 31.6 Å². The van der Waals surface area contributed by atoms with Gasteiger partial charge in [0.25, 0.3) is 0 Å². The molecule has 0 aliphatic rings. The second-order valence-corrected chi connectivity index (χ2v) is 5.43.